The summed E-state index contributed by atoms with van der Waals surface area (Å²) < 4.78 is 5.30. The number of hydrogen-bond acceptors (Lipinski definition) is 3. The predicted molar refractivity (Wildman–Crippen MR) is 72.6 cm³/mol. The molecule has 2 fully saturated rings. The number of rotatable bonds is 5. The number of likely N-dealkylation sites (tertiary alicyclic amines) is 1. The number of ketones is 1. The van der Waals surface area contributed by atoms with E-state index in [4.69, 9.17) is 4.74 Å². The van der Waals surface area contributed by atoms with Crippen LogP contribution in [-0.2, 0) is 9.53 Å². The first-order chi connectivity index (χ1) is 8.79. The maximum Gasteiger partial charge on any atom is 0.152 e. The minimum absolute atomic E-state index is 0.180. The van der Waals surface area contributed by atoms with Crippen LogP contribution in [0, 0.1) is 11.8 Å². The molecule has 3 heteroatoms. The van der Waals surface area contributed by atoms with Crippen LogP contribution in [0.15, 0.2) is 0 Å². The van der Waals surface area contributed by atoms with Gasteiger partial charge in [0.25, 0.3) is 0 Å². The Labute approximate surface area is 111 Å². The fraction of sp³-hybridized carbons (Fsp3) is 0.933. The lowest BCUT2D eigenvalue weighted by atomic mass is 9.96. The predicted octanol–water partition coefficient (Wildman–Crippen LogP) is 2.49. The molecule has 0 amide bonds. The zero-order valence-electron chi connectivity index (χ0n) is 11.7. The summed E-state index contributed by atoms with van der Waals surface area (Å²) >= 11 is 0. The SMILES string of the molecule is CCCC1CCCN(CC(=O)C2CCOC2)CC1. The molecule has 0 N–H and O–H groups in total. The van der Waals surface area contributed by atoms with Gasteiger partial charge in [0.15, 0.2) is 5.78 Å². The van der Waals surface area contributed by atoms with Crippen molar-refractivity contribution in [2.75, 3.05) is 32.8 Å². The van der Waals surface area contributed by atoms with Crippen molar-refractivity contribution in [3.63, 3.8) is 0 Å². The molecule has 2 heterocycles. The fourth-order valence-corrected chi connectivity index (χ4v) is 3.22. The van der Waals surface area contributed by atoms with E-state index in [0.717, 1.165) is 32.0 Å². The summed E-state index contributed by atoms with van der Waals surface area (Å²) in [5.41, 5.74) is 0. The molecule has 18 heavy (non-hydrogen) atoms. The van der Waals surface area contributed by atoms with Crippen molar-refractivity contribution in [2.45, 2.75) is 45.4 Å². The quantitative estimate of drug-likeness (QED) is 0.754. The standard InChI is InChI=1S/C15H27NO2/c1-2-4-13-5-3-8-16(9-6-13)11-15(17)14-7-10-18-12-14/h13-14H,2-12H2,1H3. The van der Waals surface area contributed by atoms with Gasteiger partial charge in [-0.05, 0) is 44.7 Å². The van der Waals surface area contributed by atoms with E-state index in [9.17, 15) is 4.79 Å². The van der Waals surface area contributed by atoms with E-state index < -0.39 is 0 Å². The molecule has 0 radical (unpaired) electrons. The van der Waals surface area contributed by atoms with Crippen molar-refractivity contribution in [2.24, 2.45) is 11.8 Å². The van der Waals surface area contributed by atoms with Crippen LogP contribution in [0.2, 0.25) is 0 Å². The molecule has 0 aromatic carbocycles. The van der Waals surface area contributed by atoms with E-state index in [-0.39, 0.29) is 5.92 Å². The molecule has 2 aliphatic rings. The third-order valence-electron chi connectivity index (χ3n) is 4.40. The molecule has 3 nitrogen and oxygen atoms in total. The summed E-state index contributed by atoms with van der Waals surface area (Å²) in [7, 11) is 0. The smallest absolute Gasteiger partial charge is 0.152 e. The first-order valence-electron chi connectivity index (χ1n) is 7.62. The molecule has 0 aromatic rings. The van der Waals surface area contributed by atoms with E-state index in [1.807, 2.05) is 0 Å². The van der Waals surface area contributed by atoms with Gasteiger partial charge in [-0.3, -0.25) is 9.69 Å². The van der Waals surface area contributed by atoms with Gasteiger partial charge in [0.1, 0.15) is 0 Å². The van der Waals surface area contributed by atoms with Crippen molar-refractivity contribution in [3.8, 4) is 0 Å². The summed E-state index contributed by atoms with van der Waals surface area (Å²) in [6.07, 6.45) is 7.48. The molecule has 2 atom stereocenters. The van der Waals surface area contributed by atoms with Crippen LogP contribution in [0.4, 0.5) is 0 Å². The lowest BCUT2D eigenvalue weighted by Gasteiger charge is -2.20. The van der Waals surface area contributed by atoms with Gasteiger partial charge >= 0.3 is 0 Å². The van der Waals surface area contributed by atoms with Crippen LogP contribution < -0.4 is 0 Å². The highest BCUT2D eigenvalue weighted by Gasteiger charge is 2.26. The Morgan fingerprint density at radius 1 is 1.28 bits per heavy atom. The van der Waals surface area contributed by atoms with Gasteiger partial charge in [-0.2, -0.15) is 0 Å². The first kappa shape index (κ1) is 14.0. The fourth-order valence-electron chi connectivity index (χ4n) is 3.22. The summed E-state index contributed by atoms with van der Waals surface area (Å²) in [5, 5.41) is 0. The Hall–Kier alpha value is -0.410. The summed E-state index contributed by atoms with van der Waals surface area (Å²) in [5.74, 6) is 1.48. The molecule has 2 aliphatic heterocycles. The molecule has 2 unspecified atom stereocenters. The van der Waals surface area contributed by atoms with Gasteiger partial charge < -0.3 is 4.74 Å². The lowest BCUT2D eigenvalue weighted by molar-refractivity contribution is -0.124. The van der Waals surface area contributed by atoms with E-state index in [2.05, 4.69) is 11.8 Å². The van der Waals surface area contributed by atoms with Gasteiger partial charge in [-0.15, -0.1) is 0 Å². The minimum atomic E-state index is 0.180. The van der Waals surface area contributed by atoms with Crippen LogP contribution in [0.1, 0.15) is 45.4 Å². The molecule has 0 aromatic heterocycles. The zero-order chi connectivity index (χ0) is 12.8. The molecule has 2 saturated heterocycles. The number of nitrogens with zero attached hydrogens (tertiary/aromatic N) is 1. The van der Waals surface area contributed by atoms with Crippen LogP contribution in [0.25, 0.3) is 0 Å². The zero-order valence-corrected chi connectivity index (χ0v) is 11.7. The normalized spacial score (nSPS) is 30.3. The maximum absolute atomic E-state index is 12.1. The number of carbonyl (C=O) groups excluding carboxylic acids is 1. The van der Waals surface area contributed by atoms with Crippen LogP contribution >= 0.6 is 0 Å². The van der Waals surface area contributed by atoms with Gasteiger partial charge in [-0.25, -0.2) is 0 Å². The topological polar surface area (TPSA) is 29.5 Å². The average molecular weight is 253 g/mol. The molecule has 0 aliphatic carbocycles. The minimum Gasteiger partial charge on any atom is -0.381 e. The van der Waals surface area contributed by atoms with Crippen molar-refractivity contribution in [3.05, 3.63) is 0 Å². The largest absolute Gasteiger partial charge is 0.381 e. The second-order valence-electron chi connectivity index (χ2n) is 5.89. The Morgan fingerprint density at radius 3 is 2.89 bits per heavy atom. The van der Waals surface area contributed by atoms with E-state index in [1.165, 1.54) is 32.1 Å². The van der Waals surface area contributed by atoms with Gasteiger partial charge in [0.2, 0.25) is 0 Å². The van der Waals surface area contributed by atoms with Crippen molar-refractivity contribution < 1.29 is 9.53 Å². The van der Waals surface area contributed by atoms with E-state index in [1.54, 1.807) is 0 Å². The average Bonchev–Trinajstić information content (AvgIpc) is 2.81. The highest BCUT2D eigenvalue weighted by Crippen LogP contribution is 2.22. The molecule has 0 saturated carbocycles. The van der Waals surface area contributed by atoms with Crippen molar-refractivity contribution in [1.82, 2.24) is 4.90 Å². The summed E-state index contributed by atoms with van der Waals surface area (Å²) in [6.45, 7) is 6.59. The van der Waals surface area contributed by atoms with Crippen molar-refractivity contribution in [1.29, 1.82) is 0 Å². The number of hydrogen-bond donors (Lipinski definition) is 0. The third kappa shape index (κ3) is 4.06. The van der Waals surface area contributed by atoms with E-state index in [0.29, 0.717) is 18.9 Å². The Kier molecular flexibility index (Phi) is 5.64. The molecular formula is C15H27NO2. The Morgan fingerprint density at radius 2 is 2.17 bits per heavy atom. The number of Topliss-reactive ketones (excluding diaryl/α,β-unsaturated/α-hetero) is 1. The maximum atomic E-state index is 12.1. The summed E-state index contributed by atoms with van der Waals surface area (Å²) in [6, 6.07) is 0. The number of carbonyl (C=O) groups is 1. The molecule has 2 rings (SSSR count). The Balaban J connectivity index is 1.74. The highest BCUT2D eigenvalue weighted by molar-refractivity contribution is 5.83. The van der Waals surface area contributed by atoms with Crippen molar-refractivity contribution >= 4 is 5.78 Å². The third-order valence-corrected chi connectivity index (χ3v) is 4.40. The monoisotopic (exact) mass is 253 g/mol. The molecule has 104 valence electrons. The highest BCUT2D eigenvalue weighted by atomic mass is 16.5. The molecule has 0 bridgehead atoms. The second kappa shape index (κ2) is 7.25. The molecule has 0 spiro atoms. The van der Waals surface area contributed by atoms with Crippen LogP contribution in [0.5, 0.6) is 0 Å². The van der Waals surface area contributed by atoms with Gasteiger partial charge in [0, 0.05) is 12.5 Å². The second-order valence-corrected chi connectivity index (χ2v) is 5.89. The van der Waals surface area contributed by atoms with Crippen LogP contribution in [0.3, 0.4) is 0 Å². The number of ether oxygens (including phenoxy) is 1. The van der Waals surface area contributed by atoms with E-state index >= 15 is 0 Å². The summed E-state index contributed by atoms with van der Waals surface area (Å²) in [4.78, 5) is 14.5. The lowest BCUT2D eigenvalue weighted by Crippen LogP contribution is -2.34. The van der Waals surface area contributed by atoms with Gasteiger partial charge in [0.05, 0.1) is 13.2 Å². The Bertz CT molecular complexity index is 261. The molecular weight excluding hydrogens is 226 g/mol. The van der Waals surface area contributed by atoms with Gasteiger partial charge in [-0.1, -0.05) is 19.8 Å². The first-order valence-corrected chi connectivity index (χ1v) is 7.62. The van der Waals surface area contributed by atoms with Crippen LogP contribution in [-0.4, -0.2) is 43.5 Å².